The molecule has 42 heavy (non-hydrogen) atoms. The highest BCUT2D eigenvalue weighted by Gasteiger charge is 2.25. The highest BCUT2D eigenvalue weighted by molar-refractivity contribution is 5.88. The van der Waals surface area contributed by atoms with Crippen molar-refractivity contribution >= 4 is 23.2 Å². The second kappa shape index (κ2) is 11.0. The number of amides is 1. The Kier molecular flexibility index (Phi) is 7.54. The summed E-state index contributed by atoms with van der Waals surface area (Å²) in [4.78, 5) is 29.4. The van der Waals surface area contributed by atoms with E-state index in [1.807, 2.05) is 29.3 Å². The Morgan fingerprint density at radius 1 is 0.905 bits per heavy atom. The van der Waals surface area contributed by atoms with E-state index in [1.165, 1.54) is 4.68 Å². The number of ether oxygens (including phenoxy) is 1. The Morgan fingerprint density at radius 2 is 1.60 bits per heavy atom. The van der Waals surface area contributed by atoms with Crippen LogP contribution in [0, 0.1) is 16.7 Å². The van der Waals surface area contributed by atoms with Crippen LogP contribution in [0.25, 0.3) is 27.8 Å². The quantitative estimate of drug-likeness (QED) is 0.316. The van der Waals surface area contributed by atoms with Crippen molar-refractivity contribution in [3.63, 3.8) is 0 Å². The van der Waals surface area contributed by atoms with E-state index in [4.69, 9.17) is 4.74 Å². The monoisotopic (exact) mass is 567 g/mol. The van der Waals surface area contributed by atoms with Gasteiger partial charge in [0, 0.05) is 67.4 Å². The summed E-state index contributed by atoms with van der Waals surface area (Å²) < 4.78 is 8.31. The fourth-order valence-corrected chi connectivity index (χ4v) is 5.09. The van der Waals surface area contributed by atoms with E-state index >= 15 is 0 Å². The van der Waals surface area contributed by atoms with Crippen molar-refractivity contribution in [2.45, 2.75) is 53.6 Å². The van der Waals surface area contributed by atoms with Gasteiger partial charge in [0.25, 0.3) is 0 Å². The molecule has 10 nitrogen and oxygen atoms in total. The number of benzene rings is 1. The zero-order valence-corrected chi connectivity index (χ0v) is 25.1. The number of carbonyl (C=O) groups is 2. The van der Waals surface area contributed by atoms with E-state index in [9.17, 15) is 14.9 Å². The summed E-state index contributed by atoms with van der Waals surface area (Å²) in [5.41, 5.74) is 4.89. The lowest BCUT2D eigenvalue weighted by atomic mass is 9.91. The lowest BCUT2D eigenvalue weighted by Crippen LogP contribution is -2.49. The highest BCUT2D eigenvalue weighted by Crippen LogP contribution is 2.33. The smallest absolute Gasteiger partial charge is 0.435 e. The second-order valence-electron chi connectivity index (χ2n) is 12.9. The van der Waals surface area contributed by atoms with E-state index in [1.54, 1.807) is 43.9 Å². The average Bonchev–Trinajstić information content (AvgIpc) is 3.59. The van der Waals surface area contributed by atoms with Crippen LogP contribution in [0.3, 0.4) is 0 Å². The molecule has 5 rings (SSSR count). The third-order valence-electron chi connectivity index (χ3n) is 7.09. The van der Waals surface area contributed by atoms with Gasteiger partial charge in [-0.15, -0.1) is 0 Å². The first kappa shape index (κ1) is 28.9. The van der Waals surface area contributed by atoms with Gasteiger partial charge in [0.15, 0.2) is 0 Å². The van der Waals surface area contributed by atoms with Crippen molar-refractivity contribution < 1.29 is 14.3 Å². The number of pyridine rings is 1. The SMILES string of the molecule is CC(C)(C)CC(=O)N1CCN(c2ccc(-c3cc(-c4cnn(C(=O)OC(C)(C)C)c4)cn4ncc(C#N)c34)cc2)CC1. The van der Waals surface area contributed by atoms with E-state index in [0.717, 1.165) is 35.5 Å². The van der Waals surface area contributed by atoms with E-state index in [-0.39, 0.29) is 11.3 Å². The van der Waals surface area contributed by atoms with Gasteiger partial charge in [-0.25, -0.2) is 9.31 Å². The minimum Gasteiger partial charge on any atom is -0.442 e. The van der Waals surface area contributed by atoms with Gasteiger partial charge in [0.1, 0.15) is 11.7 Å². The van der Waals surface area contributed by atoms with Gasteiger partial charge in [0.2, 0.25) is 5.91 Å². The molecule has 4 aromatic rings. The number of piperazine rings is 1. The number of fused-ring (bicyclic) bond motifs is 1. The third-order valence-corrected chi connectivity index (χ3v) is 7.09. The van der Waals surface area contributed by atoms with Gasteiger partial charge in [-0.05, 0) is 49.9 Å². The molecule has 3 aromatic heterocycles. The van der Waals surface area contributed by atoms with Gasteiger partial charge < -0.3 is 14.5 Å². The van der Waals surface area contributed by atoms with E-state index in [2.05, 4.69) is 54.1 Å². The normalized spacial score (nSPS) is 14.2. The minimum absolute atomic E-state index is 0.0216. The Bertz CT molecular complexity index is 1660. The molecule has 1 fully saturated rings. The van der Waals surface area contributed by atoms with Crippen molar-refractivity contribution in [1.29, 1.82) is 5.26 Å². The maximum absolute atomic E-state index is 12.7. The molecule has 1 amide bonds. The van der Waals surface area contributed by atoms with Crippen LogP contribution < -0.4 is 4.90 Å². The van der Waals surface area contributed by atoms with Crippen LogP contribution in [0.15, 0.2) is 55.1 Å². The molecule has 218 valence electrons. The maximum Gasteiger partial charge on any atom is 0.435 e. The molecular formula is C32H37N7O3. The lowest BCUT2D eigenvalue weighted by Gasteiger charge is -2.37. The van der Waals surface area contributed by atoms with Gasteiger partial charge >= 0.3 is 6.09 Å². The van der Waals surface area contributed by atoms with Crippen LogP contribution >= 0.6 is 0 Å². The van der Waals surface area contributed by atoms with Crippen molar-refractivity contribution in [3.05, 3.63) is 60.7 Å². The van der Waals surface area contributed by atoms with Crippen molar-refractivity contribution in [1.82, 2.24) is 24.3 Å². The number of aromatic nitrogens is 4. The molecule has 0 atom stereocenters. The number of anilines is 1. The number of rotatable bonds is 4. The molecule has 1 aliphatic heterocycles. The number of hydrogen-bond donors (Lipinski definition) is 0. The highest BCUT2D eigenvalue weighted by atomic mass is 16.6. The largest absolute Gasteiger partial charge is 0.442 e. The fourth-order valence-electron chi connectivity index (χ4n) is 5.09. The summed E-state index contributed by atoms with van der Waals surface area (Å²) in [6.07, 6.45) is 6.61. The van der Waals surface area contributed by atoms with Crippen LogP contribution in [0.4, 0.5) is 10.5 Å². The molecule has 10 heteroatoms. The Morgan fingerprint density at radius 3 is 2.21 bits per heavy atom. The molecule has 0 bridgehead atoms. The molecule has 4 heterocycles. The molecule has 0 aliphatic carbocycles. The summed E-state index contributed by atoms with van der Waals surface area (Å²) >= 11 is 0. The van der Waals surface area contributed by atoms with Crippen LogP contribution in [0.2, 0.25) is 0 Å². The number of hydrogen-bond acceptors (Lipinski definition) is 7. The molecule has 0 N–H and O–H groups in total. The molecule has 1 aliphatic rings. The number of nitrogens with zero attached hydrogens (tertiary/aromatic N) is 7. The van der Waals surface area contributed by atoms with Crippen LogP contribution in [0.1, 0.15) is 53.5 Å². The first-order chi connectivity index (χ1) is 19.8. The number of carbonyl (C=O) groups excluding carboxylic acids is 2. The first-order valence-corrected chi connectivity index (χ1v) is 14.1. The standard InChI is InChI=1S/C32H37N7O3/c1-31(2,3)16-28(40)37-13-11-36(12-14-37)26-9-7-22(8-10-26)27-15-23(20-38-29(27)24(17-33)18-34-38)25-19-35-39(21-25)30(41)42-32(4,5)6/h7-10,15,18-21H,11-14,16H2,1-6H3. The predicted molar refractivity (Wildman–Crippen MR) is 161 cm³/mol. The second-order valence-corrected chi connectivity index (χ2v) is 12.9. The first-order valence-electron chi connectivity index (χ1n) is 14.1. The number of nitriles is 1. The molecule has 1 saturated heterocycles. The Balaban J connectivity index is 1.40. The molecule has 0 radical (unpaired) electrons. The van der Waals surface area contributed by atoms with E-state index in [0.29, 0.717) is 36.2 Å². The molecule has 1 aromatic carbocycles. The fraction of sp³-hybridized carbons (Fsp3) is 0.406. The predicted octanol–water partition coefficient (Wildman–Crippen LogP) is 5.60. The Hall–Kier alpha value is -4.65. The van der Waals surface area contributed by atoms with Crippen molar-refractivity contribution in [2.75, 3.05) is 31.1 Å². The molecular weight excluding hydrogens is 530 g/mol. The van der Waals surface area contributed by atoms with Crippen LogP contribution in [0.5, 0.6) is 0 Å². The van der Waals surface area contributed by atoms with Gasteiger partial charge in [0.05, 0.1) is 23.5 Å². The molecule has 0 unspecified atom stereocenters. The molecule has 0 spiro atoms. The topological polar surface area (TPSA) is 109 Å². The molecule has 0 saturated carbocycles. The lowest BCUT2D eigenvalue weighted by molar-refractivity contribution is -0.133. The zero-order chi connectivity index (χ0) is 30.2. The van der Waals surface area contributed by atoms with Gasteiger partial charge in [-0.2, -0.15) is 20.1 Å². The van der Waals surface area contributed by atoms with Crippen LogP contribution in [-0.2, 0) is 9.53 Å². The summed E-state index contributed by atoms with van der Waals surface area (Å²) in [5.74, 6) is 0.215. The third kappa shape index (κ3) is 6.30. The minimum atomic E-state index is -0.637. The summed E-state index contributed by atoms with van der Waals surface area (Å²) in [5, 5.41) is 18.4. The Labute approximate surface area is 246 Å². The maximum atomic E-state index is 12.7. The van der Waals surface area contributed by atoms with Crippen molar-refractivity contribution in [3.8, 4) is 28.3 Å². The van der Waals surface area contributed by atoms with Crippen molar-refractivity contribution in [2.24, 2.45) is 5.41 Å². The van der Waals surface area contributed by atoms with Gasteiger partial charge in [-0.1, -0.05) is 32.9 Å². The summed E-state index contributed by atoms with van der Waals surface area (Å²) in [6.45, 7) is 14.7. The zero-order valence-electron chi connectivity index (χ0n) is 25.1. The van der Waals surface area contributed by atoms with E-state index < -0.39 is 11.7 Å². The average molecular weight is 568 g/mol. The summed E-state index contributed by atoms with van der Waals surface area (Å²) in [7, 11) is 0. The van der Waals surface area contributed by atoms with Crippen LogP contribution in [-0.4, -0.2) is 68.1 Å². The van der Waals surface area contributed by atoms with Gasteiger partial charge in [-0.3, -0.25) is 4.79 Å². The summed E-state index contributed by atoms with van der Waals surface area (Å²) in [6, 6.07) is 12.5.